The molecule has 20 heavy (non-hydrogen) atoms. The van der Waals surface area contributed by atoms with Crippen LogP contribution in [-0.2, 0) is 4.79 Å². The van der Waals surface area contributed by atoms with Gasteiger partial charge < -0.3 is 9.80 Å². The predicted molar refractivity (Wildman–Crippen MR) is 82.5 cm³/mol. The second kappa shape index (κ2) is 6.44. The van der Waals surface area contributed by atoms with Crippen molar-refractivity contribution in [1.82, 2.24) is 15.1 Å². The number of hydrogen-bond acceptors (Lipinski definition) is 3. The van der Waals surface area contributed by atoms with Crippen LogP contribution in [0.4, 0.5) is 0 Å². The second-order valence-corrected chi connectivity index (χ2v) is 7.13. The van der Waals surface area contributed by atoms with E-state index in [1.165, 1.54) is 12.8 Å². The summed E-state index contributed by atoms with van der Waals surface area (Å²) in [6.45, 7) is 6.44. The molecule has 1 aliphatic carbocycles. The molecular weight excluding hydrogens is 250 g/mol. The van der Waals surface area contributed by atoms with Crippen molar-refractivity contribution >= 4 is 5.91 Å². The van der Waals surface area contributed by atoms with Crippen LogP contribution in [-0.4, -0.2) is 54.6 Å². The van der Waals surface area contributed by atoms with Gasteiger partial charge in [-0.1, -0.05) is 26.7 Å². The molecule has 0 aromatic rings. The number of nitrogens with zero attached hydrogens (tertiary/aromatic N) is 2. The molecule has 0 bridgehead atoms. The highest BCUT2D eigenvalue weighted by Gasteiger charge is 2.52. The topological polar surface area (TPSA) is 35.6 Å². The Morgan fingerprint density at radius 3 is 2.50 bits per heavy atom. The third-order valence-corrected chi connectivity index (χ3v) is 4.77. The molecule has 1 saturated heterocycles. The fourth-order valence-electron chi connectivity index (χ4n) is 3.64. The third-order valence-electron chi connectivity index (χ3n) is 4.77. The highest BCUT2D eigenvalue weighted by molar-refractivity contribution is 5.89. The Balaban J connectivity index is 1.95. The Labute approximate surface area is 123 Å². The van der Waals surface area contributed by atoms with Crippen LogP contribution in [0.2, 0.25) is 0 Å². The lowest BCUT2D eigenvalue weighted by molar-refractivity contribution is -0.133. The number of hydrogen-bond donors (Lipinski definition) is 1. The van der Waals surface area contributed by atoms with Crippen molar-refractivity contribution in [2.75, 3.05) is 27.2 Å². The molecule has 1 amide bonds. The van der Waals surface area contributed by atoms with E-state index in [1.807, 2.05) is 0 Å². The summed E-state index contributed by atoms with van der Waals surface area (Å²) in [5.74, 6) is 0.853. The average Bonchev–Trinajstić information content (AvgIpc) is 2.95. The van der Waals surface area contributed by atoms with Crippen molar-refractivity contribution in [3.8, 4) is 0 Å². The Kier molecular flexibility index (Phi) is 5.08. The highest BCUT2D eigenvalue weighted by atomic mass is 16.2. The van der Waals surface area contributed by atoms with Crippen LogP contribution >= 0.6 is 0 Å². The molecule has 1 spiro atoms. The summed E-state index contributed by atoms with van der Waals surface area (Å²) in [4.78, 5) is 17.2. The monoisotopic (exact) mass is 281 g/mol. The zero-order valence-electron chi connectivity index (χ0n) is 13.6. The number of unbranched alkanes of at least 4 members (excludes halogenated alkanes) is 1. The Morgan fingerprint density at radius 1 is 1.30 bits per heavy atom. The lowest BCUT2D eigenvalue weighted by Gasteiger charge is -2.27. The summed E-state index contributed by atoms with van der Waals surface area (Å²) >= 11 is 0. The summed E-state index contributed by atoms with van der Waals surface area (Å²) in [6, 6.07) is 0. The van der Waals surface area contributed by atoms with Gasteiger partial charge in [0.25, 0.3) is 0 Å². The maximum atomic E-state index is 12.8. The first-order valence-electron chi connectivity index (χ1n) is 8.20. The Hall–Kier alpha value is -0.610. The number of amides is 1. The first kappa shape index (κ1) is 15.8. The van der Waals surface area contributed by atoms with E-state index in [4.69, 9.17) is 0 Å². The summed E-state index contributed by atoms with van der Waals surface area (Å²) in [5.41, 5.74) is -0.212. The molecule has 1 N–H and O–H groups in total. The number of nitrogens with one attached hydrogen (secondary N) is 1. The van der Waals surface area contributed by atoms with Crippen molar-refractivity contribution in [2.45, 2.75) is 64.1 Å². The van der Waals surface area contributed by atoms with Gasteiger partial charge in [0.05, 0.1) is 11.7 Å². The van der Waals surface area contributed by atoms with Gasteiger partial charge in [-0.3, -0.25) is 10.1 Å². The minimum atomic E-state index is -0.212. The van der Waals surface area contributed by atoms with Crippen molar-refractivity contribution in [2.24, 2.45) is 5.92 Å². The SMILES string of the molecule is CC(C)C1NC2(CCCC2)C(=O)N1CCCCN(C)C. The molecule has 0 aromatic carbocycles. The normalized spacial score (nSPS) is 25.6. The van der Waals surface area contributed by atoms with Gasteiger partial charge in [0.1, 0.15) is 0 Å². The maximum Gasteiger partial charge on any atom is 0.244 e. The largest absolute Gasteiger partial charge is 0.325 e. The molecule has 116 valence electrons. The molecule has 1 unspecified atom stereocenters. The molecular formula is C16H31N3O. The van der Waals surface area contributed by atoms with Gasteiger partial charge in [-0.2, -0.15) is 0 Å². The van der Waals surface area contributed by atoms with Crippen LogP contribution in [0.3, 0.4) is 0 Å². The minimum Gasteiger partial charge on any atom is -0.325 e. The molecule has 4 nitrogen and oxygen atoms in total. The number of carbonyl (C=O) groups excluding carboxylic acids is 1. The standard InChI is InChI=1S/C16H31N3O/c1-13(2)14-17-16(9-5-6-10-16)15(20)19(14)12-8-7-11-18(3)4/h13-14,17H,5-12H2,1-4H3. The molecule has 4 heteroatoms. The van der Waals surface area contributed by atoms with Gasteiger partial charge in [-0.15, -0.1) is 0 Å². The molecule has 1 atom stereocenters. The van der Waals surface area contributed by atoms with E-state index < -0.39 is 0 Å². The van der Waals surface area contributed by atoms with E-state index in [0.717, 1.165) is 38.8 Å². The molecule has 1 aliphatic heterocycles. The van der Waals surface area contributed by atoms with Gasteiger partial charge in [-0.05, 0) is 52.2 Å². The Bertz CT molecular complexity index is 335. The van der Waals surface area contributed by atoms with E-state index in [2.05, 4.69) is 43.1 Å². The summed E-state index contributed by atoms with van der Waals surface area (Å²) in [7, 11) is 4.21. The molecule has 0 aromatic heterocycles. The molecule has 2 aliphatic rings. The Morgan fingerprint density at radius 2 is 1.95 bits per heavy atom. The van der Waals surface area contributed by atoms with E-state index in [9.17, 15) is 4.79 Å². The highest BCUT2D eigenvalue weighted by Crippen LogP contribution is 2.37. The van der Waals surface area contributed by atoms with Crippen LogP contribution in [0.5, 0.6) is 0 Å². The molecule has 1 saturated carbocycles. The first-order chi connectivity index (χ1) is 9.46. The fraction of sp³-hybridized carbons (Fsp3) is 0.938. The van der Waals surface area contributed by atoms with Crippen LogP contribution in [0, 0.1) is 5.92 Å². The van der Waals surface area contributed by atoms with Gasteiger partial charge in [0.15, 0.2) is 0 Å². The third kappa shape index (κ3) is 3.17. The molecule has 1 heterocycles. The quantitative estimate of drug-likeness (QED) is 0.757. The van der Waals surface area contributed by atoms with Crippen molar-refractivity contribution in [3.63, 3.8) is 0 Å². The number of rotatable bonds is 6. The van der Waals surface area contributed by atoms with E-state index >= 15 is 0 Å². The second-order valence-electron chi connectivity index (χ2n) is 7.13. The molecule has 2 fully saturated rings. The van der Waals surface area contributed by atoms with Crippen LogP contribution in [0.1, 0.15) is 52.4 Å². The van der Waals surface area contributed by atoms with Crippen LogP contribution in [0.25, 0.3) is 0 Å². The van der Waals surface area contributed by atoms with E-state index in [0.29, 0.717) is 11.8 Å². The lowest BCUT2D eigenvalue weighted by atomic mass is 9.98. The fourth-order valence-corrected chi connectivity index (χ4v) is 3.64. The van der Waals surface area contributed by atoms with E-state index in [1.54, 1.807) is 0 Å². The predicted octanol–water partition coefficient (Wildman–Crippen LogP) is 2.05. The number of carbonyl (C=O) groups is 1. The minimum absolute atomic E-state index is 0.212. The van der Waals surface area contributed by atoms with Gasteiger partial charge in [-0.25, -0.2) is 0 Å². The first-order valence-corrected chi connectivity index (χ1v) is 8.20. The van der Waals surface area contributed by atoms with Gasteiger partial charge in [0, 0.05) is 6.54 Å². The van der Waals surface area contributed by atoms with Crippen molar-refractivity contribution in [3.05, 3.63) is 0 Å². The zero-order chi connectivity index (χ0) is 14.8. The smallest absolute Gasteiger partial charge is 0.244 e. The van der Waals surface area contributed by atoms with E-state index in [-0.39, 0.29) is 11.7 Å². The summed E-state index contributed by atoms with van der Waals surface area (Å²) in [5, 5.41) is 3.68. The summed E-state index contributed by atoms with van der Waals surface area (Å²) in [6.07, 6.45) is 6.95. The maximum absolute atomic E-state index is 12.8. The molecule has 0 radical (unpaired) electrons. The zero-order valence-corrected chi connectivity index (χ0v) is 13.6. The summed E-state index contributed by atoms with van der Waals surface area (Å²) < 4.78 is 0. The van der Waals surface area contributed by atoms with Crippen molar-refractivity contribution < 1.29 is 4.79 Å². The van der Waals surface area contributed by atoms with Crippen LogP contribution in [0.15, 0.2) is 0 Å². The van der Waals surface area contributed by atoms with Gasteiger partial charge in [0.2, 0.25) is 5.91 Å². The van der Waals surface area contributed by atoms with Crippen LogP contribution < -0.4 is 5.32 Å². The van der Waals surface area contributed by atoms with Gasteiger partial charge >= 0.3 is 0 Å². The lowest BCUT2D eigenvalue weighted by Crippen LogP contribution is -2.45. The average molecular weight is 281 g/mol. The van der Waals surface area contributed by atoms with Crippen molar-refractivity contribution in [1.29, 1.82) is 0 Å². The molecule has 2 rings (SSSR count).